The average Bonchev–Trinajstić information content (AvgIpc) is 3.16. The van der Waals surface area contributed by atoms with Gasteiger partial charge in [-0.2, -0.15) is 13.2 Å². The van der Waals surface area contributed by atoms with Crippen molar-refractivity contribution in [3.63, 3.8) is 0 Å². The van der Waals surface area contributed by atoms with E-state index in [1.165, 1.54) is 12.3 Å². The summed E-state index contributed by atoms with van der Waals surface area (Å²) in [5, 5.41) is 23.7. The number of rotatable bonds is 11. The van der Waals surface area contributed by atoms with Crippen LogP contribution in [0.5, 0.6) is 0 Å². The van der Waals surface area contributed by atoms with Gasteiger partial charge in [0.15, 0.2) is 0 Å². The molecule has 2 unspecified atom stereocenters. The van der Waals surface area contributed by atoms with Gasteiger partial charge in [0.25, 0.3) is 11.1 Å². The molecule has 4 N–H and O–H groups in total. The van der Waals surface area contributed by atoms with Crippen LogP contribution in [0.4, 0.5) is 35.9 Å². The fraction of sp³-hybridized carbons (Fsp3) is 0.368. The molecule has 19 heteroatoms. The Kier molecular flexibility index (Phi) is 11.5. The fourth-order valence-electron chi connectivity index (χ4n) is 7.68. The summed E-state index contributed by atoms with van der Waals surface area (Å²) in [4.78, 5) is 88.0. The maximum absolute atomic E-state index is 14.2. The van der Waals surface area contributed by atoms with Crippen molar-refractivity contribution in [2.45, 2.75) is 39.0 Å². The van der Waals surface area contributed by atoms with Crippen LogP contribution in [0.2, 0.25) is 0 Å². The highest BCUT2D eigenvalue weighted by Gasteiger charge is 2.47. The molecule has 16 nitrogen and oxygen atoms in total. The Morgan fingerprint density at radius 1 is 0.825 bits per heavy atom. The van der Waals surface area contributed by atoms with Gasteiger partial charge >= 0.3 is 18.1 Å². The summed E-state index contributed by atoms with van der Waals surface area (Å²) in [5.74, 6) is -5.40. The van der Waals surface area contributed by atoms with E-state index >= 15 is 0 Å². The number of carbonyl (C=O) groups is 4. The van der Waals surface area contributed by atoms with Crippen molar-refractivity contribution in [3.8, 4) is 0 Å². The molecule has 0 spiro atoms. The van der Waals surface area contributed by atoms with Crippen LogP contribution in [0.1, 0.15) is 25.3 Å². The van der Waals surface area contributed by atoms with Gasteiger partial charge in [0, 0.05) is 63.1 Å². The third-order valence-electron chi connectivity index (χ3n) is 10.3. The number of hydrogen-bond donors (Lipinski definition) is 4. The molecule has 2 amide bonds. The summed E-state index contributed by atoms with van der Waals surface area (Å²) < 4.78 is 43.9. The number of aromatic nitrogens is 4. The molecule has 0 radical (unpaired) electrons. The molecule has 2 saturated heterocycles. The zero-order chi connectivity index (χ0) is 41.1. The molecule has 4 atom stereocenters. The highest BCUT2D eigenvalue weighted by molar-refractivity contribution is 5.96. The molecule has 4 aromatic rings. The minimum absolute atomic E-state index is 0.0903. The molecule has 6 rings (SSSR count). The number of halogens is 3. The summed E-state index contributed by atoms with van der Waals surface area (Å²) >= 11 is 0. The molecule has 57 heavy (non-hydrogen) atoms. The minimum Gasteiger partial charge on any atom is -0.480 e. The summed E-state index contributed by atoms with van der Waals surface area (Å²) in [6.07, 6.45) is 3.84. The lowest BCUT2D eigenvalue weighted by Gasteiger charge is -2.49. The Balaban J connectivity index is 1.33. The number of nitrogens with zero attached hydrogens (tertiary/aromatic N) is 6. The van der Waals surface area contributed by atoms with Crippen LogP contribution in [-0.2, 0) is 38.4 Å². The van der Waals surface area contributed by atoms with Crippen LogP contribution in [0.3, 0.4) is 0 Å². The molecule has 0 aliphatic carbocycles. The smallest absolute Gasteiger partial charge is 0.418 e. The van der Waals surface area contributed by atoms with Gasteiger partial charge < -0.3 is 39.8 Å². The number of amides is 2. The number of anilines is 4. The van der Waals surface area contributed by atoms with Gasteiger partial charge in [-0.15, -0.1) is 0 Å². The van der Waals surface area contributed by atoms with Crippen molar-refractivity contribution in [3.05, 3.63) is 106 Å². The second-order valence-electron chi connectivity index (χ2n) is 14.6. The Labute approximate surface area is 322 Å². The first-order valence-corrected chi connectivity index (χ1v) is 17.9. The number of carboxylic acids is 2. The van der Waals surface area contributed by atoms with Gasteiger partial charge in [0.2, 0.25) is 11.8 Å². The lowest BCUT2D eigenvalue weighted by Crippen LogP contribution is -2.56. The molecule has 6 heterocycles. The highest BCUT2D eigenvalue weighted by atomic mass is 19.4. The van der Waals surface area contributed by atoms with E-state index in [1.807, 2.05) is 15.9 Å². The third-order valence-corrected chi connectivity index (χ3v) is 10.3. The molecule has 2 aliphatic rings. The molecule has 0 aromatic carbocycles. The monoisotopic (exact) mass is 792 g/mol. The topological polar surface area (TPSA) is 209 Å². The van der Waals surface area contributed by atoms with Gasteiger partial charge in [-0.1, -0.05) is 0 Å². The van der Waals surface area contributed by atoms with Crippen LogP contribution in [0, 0.1) is 23.2 Å². The first-order valence-electron chi connectivity index (χ1n) is 17.9. The molecule has 0 saturated carbocycles. The molecule has 300 valence electrons. The second kappa shape index (κ2) is 16.3. The van der Waals surface area contributed by atoms with Gasteiger partial charge in [0.1, 0.15) is 13.1 Å². The van der Waals surface area contributed by atoms with E-state index in [0.29, 0.717) is 36.0 Å². The number of alkyl halides is 3. The average molecular weight is 793 g/mol. The van der Waals surface area contributed by atoms with E-state index in [4.69, 9.17) is 0 Å². The van der Waals surface area contributed by atoms with Crippen molar-refractivity contribution in [2.75, 3.05) is 46.6 Å². The van der Waals surface area contributed by atoms with Crippen molar-refractivity contribution >= 4 is 46.5 Å². The number of carboxylic acid groups (broad SMARTS) is 2. The van der Waals surface area contributed by atoms with Crippen LogP contribution in [0.15, 0.2) is 89.2 Å². The van der Waals surface area contributed by atoms with Gasteiger partial charge in [-0.25, -0.2) is 0 Å². The SMILES string of the molecule is C[C@@]1(C(=O)Nc2ccc(=O)n(CC(=O)O)c2)CC(C2C[C@H](C(=O)Nc3cn(CC(=O)O)c(=O)cc3C(F)(F)F)CN(c3cccnc3)C2)CN(c2cccnc2)C1. The molecular weight excluding hydrogens is 753 g/mol. The highest BCUT2D eigenvalue weighted by Crippen LogP contribution is 2.43. The number of hydrogen-bond acceptors (Lipinski definition) is 10. The van der Waals surface area contributed by atoms with Crippen molar-refractivity contribution in [1.82, 2.24) is 19.1 Å². The normalized spacial score (nSPS) is 21.1. The van der Waals surface area contributed by atoms with Crippen LogP contribution >= 0.6 is 0 Å². The summed E-state index contributed by atoms with van der Waals surface area (Å²) in [5.41, 5.74) is -3.45. The van der Waals surface area contributed by atoms with E-state index in [0.717, 1.165) is 16.3 Å². The summed E-state index contributed by atoms with van der Waals surface area (Å²) in [6.45, 7) is 1.41. The number of aliphatic carboxylic acids is 2. The standard InChI is InChI=1S/C38H39F3N8O8/c1-37(36(57)44-26-6-7-31(50)47(18-26)20-33(52)53)12-25(17-49(22-37)28-5-3-9-43-14-28)23-10-24(16-46(15-23)27-4-2-8-42-13-27)35(56)45-30-19-48(21-34(54)55)32(51)11-29(30)38(39,40)41/h2-9,11,13-14,18-19,23-25H,10,12,15-17,20-22H2,1H3,(H,44,57)(H,45,56)(H,52,53)(H,54,55)/t23?,24-,25?,37+/m0/s1. The zero-order valence-electron chi connectivity index (χ0n) is 30.6. The minimum atomic E-state index is -5.04. The molecule has 2 fully saturated rings. The maximum atomic E-state index is 14.2. The predicted octanol–water partition coefficient (Wildman–Crippen LogP) is 3.24. The Bertz CT molecular complexity index is 2270. The summed E-state index contributed by atoms with van der Waals surface area (Å²) in [6, 6.07) is 9.89. The quantitative estimate of drug-likeness (QED) is 0.173. The molecule has 0 bridgehead atoms. The summed E-state index contributed by atoms with van der Waals surface area (Å²) in [7, 11) is 0. The van der Waals surface area contributed by atoms with Crippen molar-refractivity contribution in [1.29, 1.82) is 0 Å². The van der Waals surface area contributed by atoms with Crippen molar-refractivity contribution < 1.29 is 42.6 Å². The predicted molar refractivity (Wildman–Crippen MR) is 200 cm³/mol. The lowest BCUT2D eigenvalue weighted by atomic mass is 9.68. The van der Waals surface area contributed by atoms with Crippen molar-refractivity contribution in [2.24, 2.45) is 23.2 Å². The van der Waals surface area contributed by atoms with Crippen LogP contribution in [0.25, 0.3) is 0 Å². The Morgan fingerprint density at radius 2 is 1.44 bits per heavy atom. The lowest BCUT2D eigenvalue weighted by molar-refractivity contribution is -0.139. The fourth-order valence-corrected chi connectivity index (χ4v) is 7.68. The van der Waals surface area contributed by atoms with E-state index in [9.17, 15) is 52.2 Å². The number of piperidine rings is 2. The second-order valence-corrected chi connectivity index (χ2v) is 14.6. The molecule has 4 aromatic heterocycles. The maximum Gasteiger partial charge on any atom is 0.418 e. The van der Waals surface area contributed by atoms with E-state index in [-0.39, 0.29) is 43.1 Å². The number of pyridine rings is 4. The Morgan fingerprint density at radius 3 is 2.04 bits per heavy atom. The van der Waals surface area contributed by atoms with Gasteiger partial charge in [0.05, 0.1) is 52.0 Å². The molecule has 2 aliphatic heterocycles. The Hall–Kier alpha value is -6.53. The van der Waals surface area contributed by atoms with Crippen LogP contribution in [-0.4, -0.2) is 79.2 Å². The zero-order valence-corrected chi connectivity index (χ0v) is 30.6. The third kappa shape index (κ3) is 9.47. The van der Waals surface area contributed by atoms with Gasteiger partial charge in [-0.3, -0.25) is 38.7 Å². The van der Waals surface area contributed by atoms with E-state index in [1.54, 1.807) is 49.9 Å². The number of nitrogens with one attached hydrogen (secondary N) is 2. The van der Waals surface area contributed by atoms with Crippen LogP contribution < -0.4 is 31.6 Å². The van der Waals surface area contributed by atoms with Gasteiger partial charge in [-0.05, 0) is 61.9 Å². The largest absolute Gasteiger partial charge is 0.480 e. The first-order chi connectivity index (χ1) is 27.0. The van der Waals surface area contributed by atoms with E-state index < -0.39 is 76.7 Å². The molecular formula is C38H39F3N8O8. The number of carbonyl (C=O) groups excluding carboxylic acids is 2. The van der Waals surface area contributed by atoms with E-state index in [2.05, 4.69) is 20.6 Å². The first kappa shape index (κ1) is 40.1.